The fourth-order valence-corrected chi connectivity index (χ4v) is 5.07. The third-order valence-electron chi connectivity index (χ3n) is 7.90. The number of unbranched alkanes of at least 4 members (excludes halogenated alkanes) is 3. The first-order chi connectivity index (χ1) is 18.6. The summed E-state index contributed by atoms with van der Waals surface area (Å²) in [6.45, 7) is 9.84. The zero-order valence-electron chi connectivity index (χ0n) is 23.7. The highest BCUT2D eigenvalue weighted by molar-refractivity contribution is 5.91. The van der Waals surface area contributed by atoms with Crippen molar-refractivity contribution in [2.75, 3.05) is 13.2 Å². The summed E-state index contributed by atoms with van der Waals surface area (Å²) in [5.41, 5.74) is 0.506. The van der Waals surface area contributed by atoms with Crippen molar-refractivity contribution in [1.29, 1.82) is 0 Å². The van der Waals surface area contributed by atoms with Crippen LogP contribution in [0.1, 0.15) is 101 Å². The lowest BCUT2D eigenvalue weighted by atomic mass is 9.80. The minimum atomic E-state index is -0.375. The Morgan fingerprint density at radius 2 is 1.50 bits per heavy atom. The van der Waals surface area contributed by atoms with Crippen LogP contribution < -0.4 is 14.2 Å². The molecule has 0 heterocycles. The molecule has 0 aromatic heterocycles. The SMILES string of the molecule is C=CCCCC1CCC(COc2ccc(OC(=O)c3ccc(OCCCCC[C@@H](C)CC)cc3)cc2)CC1. The van der Waals surface area contributed by atoms with Gasteiger partial charge in [0.15, 0.2) is 0 Å². The van der Waals surface area contributed by atoms with Gasteiger partial charge in [0.1, 0.15) is 17.2 Å². The lowest BCUT2D eigenvalue weighted by Gasteiger charge is -2.28. The molecule has 1 saturated carbocycles. The smallest absolute Gasteiger partial charge is 0.343 e. The maximum absolute atomic E-state index is 12.6. The van der Waals surface area contributed by atoms with E-state index in [0.717, 1.165) is 42.8 Å². The number of hydrogen-bond acceptors (Lipinski definition) is 4. The van der Waals surface area contributed by atoms with Crippen LogP contribution in [0, 0.1) is 17.8 Å². The number of hydrogen-bond donors (Lipinski definition) is 0. The van der Waals surface area contributed by atoms with E-state index in [0.29, 0.717) is 23.8 Å². The summed E-state index contributed by atoms with van der Waals surface area (Å²) in [5.74, 6) is 4.06. The molecule has 38 heavy (non-hydrogen) atoms. The maximum atomic E-state index is 12.6. The minimum absolute atomic E-state index is 0.375. The molecule has 1 fully saturated rings. The summed E-state index contributed by atoms with van der Waals surface area (Å²) in [7, 11) is 0. The Kier molecular flexibility index (Phi) is 13.3. The normalized spacial score (nSPS) is 17.9. The molecule has 0 unspecified atom stereocenters. The first-order valence-corrected chi connectivity index (χ1v) is 14.9. The molecule has 0 aliphatic heterocycles. The summed E-state index contributed by atoms with van der Waals surface area (Å²) in [6.07, 6.45) is 16.9. The Morgan fingerprint density at radius 1 is 0.868 bits per heavy atom. The van der Waals surface area contributed by atoms with Gasteiger partial charge in [-0.1, -0.05) is 64.9 Å². The van der Waals surface area contributed by atoms with Crippen LogP contribution in [-0.2, 0) is 0 Å². The van der Waals surface area contributed by atoms with E-state index < -0.39 is 0 Å². The largest absolute Gasteiger partial charge is 0.494 e. The van der Waals surface area contributed by atoms with E-state index in [4.69, 9.17) is 14.2 Å². The Balaban J connectivity index is 1.32. The molecule has 0 radical (unpaired) electrons. The van der Waals surface area contributed by atoms with Crippen molar-refractivity contribution in [3.63, 3.8) is 0 Å². The molecule has 0 spiro atoms. The minimum Gasteiger partial charge on any atom is -0.494 e. The van der Waals surface area contributed by atoms with Crippen LogP contribution in [-0.4, -0.2) is 19.2 Å². The molecular weight excluding hydrogens is 472 g/mol. The van der Waals surface area contributed by atoms with Crippen LogP contribution in [0.4, 0.5) is 0 Å². The summed E-state index contributed by atoms with van der Waals surface area (Å²) < 4.78 is 17.4. The molecule has 0 N–H and O–H groups in total. The fraction of sp³-hybridized carbons (Fsp3) is 0.559. The van der Waals surface area contributed by atoms with Gasteiger partial charge in [-0.2, -0.15) is 0 Å². The average molecular weight is 521 g/mol. The van der Waals surface area contributed by atoms with Gasteiger partial charge < -0.3 is 14.2 Å². The Labute approximate surface area is 230 Å². The standard InChI is InChI=1S/C34H48O4/c1-4-6-8-12-28-13-15-29(16-14-28)26-37-32-21-23-33(24-22-32)38-34(35)30-17-19-31(20-18-30)36-25-10-7-9-11-27(3)5-2/h4,17-24,27-29H,1,5-16,25-26H2,2-3H3/t27-,28?,29?/m0/s1. The van der Waals surface area contributed by atoms with Crippen molar-refractivity contribution in [1.82, 2.24) is 0 Å². The van der Waals surface area contributed by atoms with Crippen LogP contribution >= 0.6 is 0 Å². The van der Waals surface area contributed by atoms with Crippen molar-refractivity contribution in [2.24, 2.45) is 17.8 Å². The maximum Gasteiger partial charge on any atom is 0.343 e. The molecule has 0 saturated heterocycles. The first kappa shape index (κ1) is 29.8. The number of esters is 1. The van der Waals surface area contributed by atoms with Gasteiger partial charge in [0.25, 0.3) is 0 Å². The van der Waals surface area contributed by atoms with E-state index in [1.54, 1.807) is 24.3 Å². The molecule has 2 aromatic carbocycles. The lowest BCUT2D eigenvalue weighted by Crippen LogP contribution is -2.20. The lowest BCUT2D eigenvalue weighted by molar-refractivity contribution is 0.0734. The fourth-order valence-electron chi connectivity index (χ4n) is 5.07. The Bertz CT molecular complexity index is 926. The van der Waals surface area contributed by atoms with Crippen molar-refractivity contribution in [2.45, 2.75) is 90.9 Å². The second kappa shape index (κ2) is 17.0. The van der Waals surface area contributed by atoms with E-state index in [2.05, 4.69) is 20.4 Å². The topological polar surface area (TPSA) is 44.8 Å². The molecule has 0 bridgehead atoms. The van der Waals surface area contributed by atoms with Crippen molar-refractivity contribution in [3.05, 3.63) is 66.7 Å². The van der Waals surface area contributed by atoms with Crippen LogP contribution in [0.3, 0.4) is 0 Å². The summed E-state index contributed by atoms with van der Waals surface area (Å²) in [5, 5.41) is 0. The van der Waals surface area contributed by atoms with E-state index in [-0.39, 0.29) is 5.97 Å². The Morgan fingerprint density at radius 3 is 2.18 bits per heavy atom. The molecule has 4 nitrogen and oxygen atoms in total. The van der Waals surface area contributed by atoms with E-state index in [1.807, 2.05) is 30.3 Å². The van der Waals surface area contributed by atoms with Crippen molar-refractivity contribution < 1.29 is 19.0 Å². The van der Waals surface area contributed by atoms with Crippen LogP contribution in [0.2, 0.25) is 0 Å². The molecule has 4 heteroatoms. The highest BCUT2D eigenvalue weighted by Gasteiger charge is 2.21. The highest BCUT2D eigenvalue weighted by atomic mass is 16.5. The van der Waals surface area contributed by atoms with Gasteiger partial charge in [0, 0.05) is 0 Å². The van der Waals surface area contributed by atoms with E-state index in [1.165, 1.54) is 64.2 Å². The van der Waals surface area contributed by atoms with Gasteiger partial charge in [-0.15, -0.1) is 6.58 Å². The van der Waals surface area contributed by atoms with Gasteiger partial charge in [0.2, 0.25) is 0 Å². The highest BCUT2D eigenvalue weighted by Crippen LogP contribution is 2.32. The number of carbonyl (C=O) groups is 1. The number of benzene rings is 2. The van der Waals surface area contributed by atoms with Gasteiger partial charge in [-0.05, 0) is 98.4 Å². The third kappa shape index (κ3) is 10.9. The monoisotopic (exact) mass is 520 g/mol. The number of rotatable bonds is 17. The summed E-state index contributed by atoms with van der Waals surface area (Å²) in [6, 6.07) is 14.5. The van der Waals surface area contributed by atoms with Gasteiger partial charge >= 0.3 is 5.97 Å². The van der Waals surface area contributed by atoms with Crippen LogP contribution in [0.5, 0.6) is 17.2 Å². The average Bonchev–Trinajstić information content (AvgIpc) is 2.95. The zero-order chi connectivity index (χ0) is 27.0. The number of ether oxygens (including phenoxy) is 3. The molecule has 0 amide bonds. The third-order valence-corrected chi connectivity index (χ3v) is 7.90. The van der Waals surface area contributed by atoms with Crippen molar-refractivity contribution >= 4 is 5.97 Å². The van der Waals surface area contributed by atoms with Gasteiger partial charge in [-0.25, -0.2) is 4.79 Å². The van der Waals surface area contributed by atoms with Crippen LogP contribution in [0.25, 0.3) is 0 Å². The zero-order valence-corrected chi connectivity index (χ0v) is 23.7. The van der Waals surface area contributed by atoms with E-state index >= 15 is 0 Å². The number of carbonyl (C=O) groups excluding carboxylic acids is 1. The van der Waals surface area contributed by atoms with Gasteiger partial charge in [-0.3, -0.25) is 0 Å². The second-order valence-corrected chi connectivity index (χ2v) is 11.0. The van der Waals surface area contributed by atoms with Crippen molar-refractivity contribution in [3.8, 4) is 17.2 Å². The predicted molar refractivity (Wildman–Crippen MR) is 156 cm³/mol. The molecule has 1 aliphatic carbocycles. The quantitative estimate of drug-likeness (QED) is 0.0902. The predicted octanol–water partition coefficient (Wildman–Crippen LogP) is 9.43. The summed E-state index contributed by atoms with van der Waals surface area (Å²) in [4.78, 5) is 12.6. The first-order valence-electron chi connectivity index (χ1n) is 14.9. The van der Waals surface area contributed by atoms with Gasteiger partial charge in [0.05, 0.1) is 18.8 Å². The van der Waals surface area contributed by atoms with E-state index in [9.17, 15) is 4.79 Å². The second-order valence-electron chi connectivity index (χ2n) is 11.0. The molecular formula is C34H48O4. The van der Waals surface area contributed by atoms with Crippen LogP contribution in [0.15, 0.2) is 61.2 Å². The summed E-state index contributed by atoms with van der Waals surface area (Å²) >= 11 is 0. The molecule has 208 valence electrons. The number of allylic oxidation sites excluding steroid dienone is 1. The molecule has 2 aromatic rings. The Hall–Kier alpha value is -2.75. The molecule has 1 aliphatic rings. The molecule has 3 rings (SSSR count). The molecule has 1 atom stereocenters.